The van der Waals surface area contributed by atoms with Gasteiger partial charge in [-0.15, -0.1) is 0 Å². The normalized spacial score (nSPS) is 33.1. The predicted molar refractivity (Wildman–Crippen MR) is 118 cm³/mol. The van der Waals surface area contributed by atoms with Crippen LogP contribution < -0.4 is 10.1 Å². The minimum Gasteiger partial charge on any atom is -0.497 e. The molecule has 9 heteroatoms. The van der Waals surface area contributed by atoms with Gasteiger partial charge in [-0.25, -0.2) is 0 Å². The summed E-state index contributed by atoms with van der Waals surface area (Å²) >= 11 is 0. The van der Waals surface area contributed by atoms with Crippen LogP contribution in [0.2, 0.25) is 0 Å². The molecule has 2 amide bonds. The number of esters is 1. The number of hydrogen-bond donors (Lipinski definition) is 2. The average molecular weight is 461 g/mol. The summed E-state index contributed by atoms with van der Waals surface area (Å²) in [5.74, 6) is -2.18. The van der Waals surface area contributed by atoms with Gasteiger partial charge in [0.15, 0.2) is 0 Å². The third-order valence-corrected chi connectivity index (χ3v) is 7.50. The monoisotopic (exact) mass is 460 g/mol. The number of fused-ring (bicyclic) bond motifs is 1. The maximum absolute atomic E-state index is 13.7. The fraction of sp³-hybridized carbons (Fsp3) is 0.625. The number of amides is 2. The molecule has 180 valence electrons. The summed E-state index contributed by atoms with van der Waals surface area (Å²) in [6.45, 7) is 5.22. The van der Waals surface area contributed by atoms with Gasteiger partial charge in [-0.3, -0.25) is 14.4 Å². The number of hydrogen-bond acceptors (Lipinski definition) is 7. The van der Waals surface area contributed by atoms with Crippen LogP contribution in [0.1, 0.15) is 40.0 Å². The first-order valence-electron chi connectivity index (χ1n) is 11.5. The van der Waals surface area contributed by atoms with Crippen molar-refractivity contribution in [2.24, 2.45) is 11.8 Å². The van der Waals surface area contributed by atoms with E-state index in [2.05, 4.69) is 5.32 Å². The molecule has 2 N–H and O–H groups in total. The Bertz CT molecular complexity index is 935. The number of benzene rings is 1. The second-order valence-electron chi connectivity index (χ2n) is 9.08. The van der Waals surface area contributed by atoms with Gasteiger partial charge in [0.1, 0.15) is 23.3 Å². The van der Waals surface area contributed by atoms with Crippen LogP contribution in [0.15, 0.2) is 24.3 Å². The van der Waals surface area contributed by atoms with Crippen LogP contribution in [0.25, 0.3) is 0 Å². The Balaban J connectivity index is 1.74. The molecule has 9 nitrogen and oxygen atoms in total. The smallest absolute Gasteiger partial charge is 0.312 e. The summed E-state index contributed by atoms with van der Waals surface area (Å²) in [5.41, 5.74) is -1.44. The van der Waals surface area contributed by atoms with E-state index >= 15 is 0 Å². The molecule has 1 aromatic carbocycles. The van der Waals surface area contributed by atoms with Crippen molar-refractivity contribution < 1.29 is 33.7 Å². The fourth-order valence-electron chi connectivity index (χ4n) is 5.99. The first-order valence-corrected chi connectivity index (χ1v) is 11.5. The standard InChI is InChI=1S/C24H32N2O7/c1-5-23-11-12-24(33-23)17(18(23)22(30)32-6-2)21(29)26(14(3)13-27)19(24)20(28)25-15-7-9-16(31-4)10-8-15/h7-10,14,17-19,27H,5-6,11-13H2,1-4H3,(H,25,28)/t14-,17+,18-,19?,23+,24?/m1/s1. The summed E-state index contributed by atoms with van der Waals surface area (Å²) in [6, 6.07) is 5.28. The molecule has 2 bridgehead atoms. The van der Waals surface area contributed by atoms with Crippen molar-refractivity contribution in [1.29, 1.82) is 0 Å². The Morgan fingerprint density at radius 2 is 1.97 bits per heavy atom. The largest absolute Gasteiger partial charge is 0.497 e. The molecule has 1 aromatic rings. The predicted octanol–water partition coefficient (Wildman–Crippen LogP) is 1.73. The highest BCUT2D eigenvalue weighted by Crippen LogP contribution is 2.64. The summed E-state index contributed by atoms with van der Waals surface area (Å²) < 4.78 is 17.1. The zero-order valence-corrected chi connectivity index (χ0v) is 19.5. The highest BCUT2D eigenvalue weighted by molar-refractivity contribution is 6.03. The first kappa shape index (κ1) is 23.5. The van der Waals surface area contributed by atoms with Gasteiger partial charge in [-0.05, 0) is 57.4 Å². The van der Waals surface area contributed by atoms with E-state index in [4.69, 9.17) is 14.2 Å². The molecule has 3 aliphatic heterocycles. The third-order valence-electron chi connectivity index (χ3n) is 7.50. The summed E-state index contributed by atoms with van der Waals surface area (Å²) in [4.78, 5) is 41.8. The molecule has 33 heavy (non-hydrogen) atoms. The summed E-state index contributed by atoms with van der Waals surface area (Å²) in [7, 11) is 1.56. The van der Waals surface area contributed by atoms with E-state index in [-0.39, 0.29) is 19.1 Å². The Hall–Kier alpha value is -2.65. The number of anilines is 1. The lowest BCUT2D eigenvalue weighted by molar-refractivity contribution is -0.161. The van der Waals surface area contributed by atoms with Crippen molar-refractivity contribution in [2.45, 2.75) is 63.3 Å². The quantitative estimate of drug-likeness (QED) is 0.568. The van der Waals surface area contributed by atoms with Gasteiger partial charge in [0, 0.05) is 5.69 Å². The maximum Gasteiger partial charge on any atom is 0.312 e. The number of rotatable bonds is 8. The van der Waals surface area contributed by atoms with E-state index in [9.17, 15) is 19.5 Å². The molecule has 3 heterocycles. The second-order valence-corrected chi connectivity index (χ2v) is 9.08. The van der Waals surface area contributed by atoms with Gasteiger partial charge in [0.25, 0.3) is 0 Å². The lowest BCUT2D eigenvalue weighted by Gasteiger charge is -2.36. The van der Waals surface area contributed by atoms with Crippen LogP contribution in [0.4, 0.5) is 5.69 Å². The molecule has 3 saturated heterocycles. The number of methoxy groups -OCH3 is 1. The summed E-state index contributed by atoms with van der Waals surface area (Å²) in [6.07, 6.45) is 1.57. The lowest BCUT2D eigenvalue weighted by Crippen LogP contribution is -2.55. The van der Waals surface area contributed by atoms with Crippen LogP contribution >= 0.6 is 0 Å². The van der Waals surface area contributed by atoms with E-state index < -0.39 is 47.0 Å². The van der Waals surface area contributed by atoms with Gasteiger partial charge < -0.3 is 29.5 Å². The van der Waals surface area contributed by atoms with Crippen LogP contribution in [-0.4, -0.2) is 71.4 Å². The van der Waals surface area contributed by atoms with Gasteiger partial charge in [0.05, 0.1) is 37.9 Å². The number of nitrogens with one attached hydrogen (secondary N) is 1. The fourth-order valence-corrected chi connectivity index (χ4v) is 5.99. The van der Waals surface area contributed by atoms with Crippen molar-refractivity contribution >= 4 is 23.5 Å². The Labute approximate surface area is 193 Å². The highest BCUT2D eigenvalue weighted by atomic mass is 16.6. The zero-order chi connectivity index (χ0) is 24.0. The van der Waals surface area contributed by atoms with E-state index in [0.717, 1.165) is 0 Å². The number of aliphatic hydroxyl groups is 1. The molecule has 3 aliphatic rings. The molecule has 0 aromatic heterocycles. The minimum atomic E-state index is -1.15. The van der Waals surface area contributed by atoms with Crippen molar-refractivity contribution in [3.8, 4) is 5.75 Å². The molecule has 1 spiro atoms. The molecule has 0 saturated carbocycles. The number of nitrogens with zero attached hydrogens (tertiary/aromatic N) is 1. The molecule has 3 fully saturated rings. The zero-order valence-electron chi connectivity index (χ0n) is 19.5. The number of carbonyl (C=O) groups is 3. The van der Waals surface area contributed by atoms with Crippen LogP contribution in [0.5, 0.6) is 5.75 Å². The molecular weight excluding hydrogens is 428 g/mol. The Morgan fingerprint density at radius 1 is 1.27 bits per heavy atom. The van der Waals surface area contributed by atoms with Crippen LogP contribution in [-0.2, 0) is 23.9 Å². The SMILES string of the molecule is CCOC(=O)[C@H]1[C@H]2C(=O)N([C@H](C)CO)C(C(=O)Nc3ccc(OC)cc3)C23CC[C@]1(CC)O3. The molecule has 0 radical (unpaired) electrons. The minimum absolute atomic E-state index is 0.196. The molecule has 2 unspecified atom stereocenters. The van der Waals surface area contributed by atoms with Crippen LogP contribution in [0, 0.1) is 11.8 Å². The Morgan fingerprint density at radius 3 is 2.55 bits per heavy atom. The average Bonchev–Trinajstić information content (AvgIpc) is 3.42. The molecular formula is C24H32N2O7. The van der Waals surface area contributed by atoms with Gasteiger partial charge >= 0.3 is 5.97 Å². The van der Waals surface area contributed by atoms with E-state index in [1.54, 1.807) is 45.2 Å². The molecule has 4 rings (SSSR count). The topological polar surface area (TPSA) is 114 Å². The number of likely N-dealkylation sites (tertiary alicyclic amines) is 1. The highest BCUT2D eigenvalue weighted by Gasteiger charge is 2.79. The number of ether oxygens (including phenoxy) is 3. The van der Waals surface area contributed by atoms with Crippen molar-refractivity contribution in [2.75, 3.05) is 25.6 Å². The van der Waals surface area contributed by atoms with Gasteiger partial charge in [0.2, 0.25) is 11.8 Å². The molecule has 0 aliphatic carbocycles. The lowest BCUT2D eigenvalue weighted by atomic mass is 9.65. The van der Waals surface area contributed by atoms with E-state index in [1.807, 2.05) is 6.92 Å². The number of aliphatic hydroxyl groups excluding tert-OH is 1. The Kier molecular flexibility index (Phi) is 6.13. The maximum atomic E-state index is 13.7. The third kappa shape index (κ3) is 3.40. The van der Waals surface area contributed by atoms with Crippen molar-refractivity contribution in [1.82, 2.24) is 4.90 Å². The second kappa shape index (κ2) is 8.61. The van der Waals surface area contributed by atoms with Crippen molar-refractivity contribution in [3.63, 3.8) is 0 Å². The first-order chi connectivity index (χ1) is 15.8. The van der Waals surface area contributed by atoms with Gasteiger partial charge in [-0.2, -0.15) is 0 Å². The number of carbonyl (C=O) groups excluding carboxylic acids is 3. The van der Waals surface area contributed by atoms with E-state index in [0.29, 0.717) is 30.7 Å². The summed E-state index contributed by atoms with van der Waals surface area (Å²) in [5, 5.41) is 12.8. The van der Waals surface area contributed by atoms with Crippen molar-refractivity contribution in [3.05, 3.63) is 24.3 Å². The van der Waals surface area contributed by atoms with E-state index in [1.165, 1.54) is 4.90 Å². The molecule has 6 atom stereocenters. The van der Waals surface area contributed by atoms with Crippen LogP contribution in [0.3, 0.4) is 0 Å². The van der Waals surface area contributed by atoms with Gasteiger partial charge in [-0.1, -0.05) is 6.92 Å².